The Morgan fingerprint density at radius 1 is 0.396 bits per heavy atom. The summed E-state index contributed by atoms with van der Waals surface area (Å²) in [5.41, 5.74) is 0. The second-order valence-corrected chi connectivity index (χ2v) is 16.1. The van der Waals surface area contributed by atoms with Crippen LogP contribution in [0.5, 0.6) is 0 Å². The van der Waals surface area contributed by atoms with Crippen molar-refractivity contribution in [3.05, 3.63) is 18.2 Å². The number of hydrogen-bond donors (Lipinski definition) is 1. The predicted octanol–water partition coefficient (Wildman–Crippen LogP) is 16.4. The normalized spacial score (nSPS) is 13.0. The number of H-pyrrole nitrogens is 1. The van der Waals surface area contributed by atoms with Gasteiger partial charge in [0.1, 0.15) is 12.4 Å². The fourth-order valence-electron chi connectivity index (χ4n) is 8.02. The lowest BCUT2D eigenvalue weighted by Crippen LogP contribution is -2.41. The van der Waals surface area contributed by atoms with Gasteiger partial charge in [0.2, 0.25) is 0 Å². The Morgan fingerprint density at radius 3 is 1.00 bits per heavy atom. The Balaban J connectivity index is 2.24. The third kappa shape index (κ3) is 27.0. The first-order chi connectivity index (χ1) is 23.7. The number of aromatic amines is 1. The minimum absolute atomic E-state index is 0.618. The quantitative estimate of drug-likeness (QED) is 0.0531. The summed E-state index contributed by atoms with van der Waals surface area (Å²) in [5.74, 6) is 2.24. The molecule has 0 saturated carbocycles. The largest absolute Gasteiger partial charge is 0.257 e. The molecule has 1 heterocycles. The van der Waals surface area contributed by atoms with Crippen LogP contribution in [0.1, 0.15) is 283 Å². The Hall–Kier alpha value is -0.790. The number of unbranched alkanes of at least 4 members (excludes halogenated alkanes) is 31. The minimum Gasteiger partial charge on any atom is -0.247 e. The first-order valence-corrected chi connectivity index (χ1v) is 22.8. The summed E-state index contributed by atoms with van der Waals surface area (Å²) < 4.78 is 2.62. The van der Waals surface area contributed by atoms with Crippen LogP contribution in [0.3, 0.4) is 0 Å². The predicted molar refractivity (Wildman–Crippen MR) is 216 cm³/mol. The van der Waals surface area contributed by atoms with E-state index in [1.54, 1.807) is 0 Å². The van der Waals surface area contributed by atoms with Gasteiger partial charge in [-0.25, -0.2) is 9.55 Å². The molecule has 0 amide bonds. The van der Waals surface area contributed by atoms with Gasteiger partial charge >= 0.3 is 0 Å². The third-order valence-corrected chi connectivity index (χ3v) is 11.4. The number of rotatable bonds is 39. The van der Waals surface area contributed by atoms with Gasteiger partial charge in [0.25, 0.3) is 5.82 Å². The Morgan fingerprint density at radius 2 is 0.667 bits per heavy atom. The highest BCUT2D eigenvalue weighted by atomic mass is 15.1. The van der Waals surface area contributed by atoms with Crippen LogP contribution in [0.25, 0.3) is 0 Å². The van der Waals surface area contributed by atoms with Crippen molar-refractivity contribution in [1.29, 1.82) is 0 Å². The molecule has 2 heteroatoms. The Labute approximate surface area is 304 Å². The van der Waals surface area contributed by atoms with E-state index in [2.05, 4.69) is 49.6 Å². The lowest BCUT2D eigenvalue weighted by atomic mass is 9.92. The van der Waals surface area contributed by atoms with E-state index in [0.717, 1.165) is 0 Å². The van der Waals surface area contributed by atoms with Crippen LogP contribution in [0.2, 0.25) is 0 Å². The molecule has 0 saturated heterocycles. The summed E-state index contributed by atoms with van der Waals surface area (Å²) in [6.07, 6.45) is 57.7. The molecule has 0 aliphatic carbocycles. The Kier molecular flexibility index (Phi) is 33.9. The van der Waals surface area contributed by atoms with Crippen molar-refractivity contribution >= 4 is 0 Å². The van der Waals surface area contributed by atoms with Crippen LogP contribution in [0.15, 0.2) is 12.4 Å². The molecule has 2 nitrogen and oxygen atoms in total. The molecule has 0 spiro atoms. The van der Waals surface area contributed by atoms with E-state index >= 15 is 0 Å². The molecule has 0 radical (unpaired) electrons. The van der Waals surface area contributed by atoms with Gasteiger partial charge in [-0.3, -0.25) is 0 Å². The second kappa shape index (κ2) is 36.0. The molecule has 2 atom stereocenters. The molecule has 1 rings (SSSR count). The molecular weight excluding hydrogens is 581 g/mol. The maximum absolute atomic E-state index is 3.75. The van der Waals surface area contributed by atoms with Crippen molar-refractivity contribution in [3.63, 3.8) is 0 Å². The molecule has 0 aromatic carbocycles. The van der Waals surface area contributed by atoms with Gasteiger partial charge in [-0.1, -0.05) is 233 Å². The van der Waals surface area contributed by atoms with Gasteiger partial charge in [0.15, 0.2) is 0 Å². The number of aromatic nitrogens is 2. The van der Waals surface area contributed by atoms with Crippen LogP contribution >= 0.6 is 0 Å². The van der Waals surface area contributed by atoms with Crippen LogP contribution in [0.4, 0.5) is 0 Å². The van der Waals surface area contributed by atoms with Crippen molar-refractivity contribution in [1.82, 2.24) is 4.98 Å². The van der Waals surface area contributed by atoms with Crippen LogP contribution < -0.4 is 4.57 Å². The molecule has 0 aliphatic rings. The van der Waals surface area contributed by atoms with Crippen molar-refractivity contribution in [2.75, 3.05) is 0 Å². The molecular formula is C46H91N2+. The van der Waals surface area contributed by atoms with E-state index in [9.17, 15) is 0 Å². The fourth-order valence-corrected chi connectivity index (χ4v) is 8.02. The molecule has 48 heavy (non-hydrogen) atoms. The van der Waals surface area contributed by atoms with Crippen LogP contribution in [-0.4, -0.2) is 4.98 Å². The average Bonchev–Trinajstić information content (AvgIpc) is 3.59. The highest BCUT2D eigenvalue weighted by Crippen LogP contribution is 2.27. The van der Waals surface area contributed by atoms with Crippen molar-refractivity contribution in [3.8, 4) is 0 Å². The second-order valence-electron chi connectivity index (χ2n) is 16.1. The van der Waals surface area contributed by atoms with E-state index in [0.29, 0.717) is 12.0 Å². The van der Waals surface area contributed by atoms with Gasteiger partial charge in [-0.15, -0.1) is 0 Å². The van der Waals surface area contributed by atoms with Gasteiger partial charge in [-0.05, 0) is 32.6 Å². The van der Waals surface area contributed by atoms with Gasteiger partial charge < -0.3 is 0 Å². The van der Waals surface area contributed by atoms with Crippen molar-refractivity contribution in [2.24, 2.45) is 0 Å². The summed E-state index contributed by atoms with van der Waals surface area (Å²) >= 11 is 0. The zero-order valence-electron chi connectivity index (χ0n) is 33.9. The summed E-state index contributed by atoms with van der Waals surface area (Å²) in [7, 11) is 0. The first kappa shape index (κ1) is 45.2. The van der Waals surface area contributed by atoms with Gasteiger partial charge in [0.05, 0.1) is 12.0 Å². The summed E-state index contributed by atoms with van der Waals surface area (Å²) in [4.78, 5) is 3.75. The maximum Gasteiger partial charge on any atom is 0.257 e. The SMILES string of the molecule is CCCCCCCCCCCCCCCCCCCC(CCCCCCCCCCCCCCCC)c1[nH]cc[n+]1C(C)CCCCC. The molecule has 2 unspecified atom stereocenters. The molecule has 1 N–H and O–H groups in total. The summed E-state index contributed by atoms with van der Waals surface area (Å²) in [6, 6.07) is 0.618. The van der Waals surface area contributed by atoms with E-state index in [-0.39, 0.29) is 0 Å². The monoisotopic (exact) mass is 672 g/mol. The lowest BCUT2D eigenvalue weighted by Gasteiger charge is -2.17. The smallest absolute Gasteiger partial charge is 0.247 e. The third-order valence-electron chi connectivity index (χ3n) is 11.4. The number of nitrogens with zero attached hydrogens (tertiary/aromatic N) is 1. The molecule has 1 aromatic heterocycles. The van der Waals surface area contributed by atoms with Crippen LogP contribution in [-0.2, 0) is 0 Å². The first-order valence-electron chi connectivity index (χ1n) is 22.8. The van der Waals surface area contributed by atoms with E-state index < -0.39 is 0 Å². The topological polar surface area (TPSA) is 19.7 Å². The fraction of sp³-hybridized carbons (Fsp3) is 0.935. The van der Waals surface area contributed by atoms with Gasteiger partial charge in [-0.2, -0.15) is 0 Å². The highest BCUT2D eigenvalue weighted by molar-refractivity contribution is 4.90. The number of imidazole rings is 1. The lowest BCUT2D eigenvalue weighted by molar-refractivity contribution is -0.727. The van der Waals surface area contributed by atoms with Crippen LogP contribution in [0, 0.1) is 0 Å². The Bertz CT molecular complexity index is 738. The summed E-state index contributed by atoms with van der Waals surface area (Å²) in [6.45, 7) is 9.40. The van der Waals surface area contributed by atoms with E-state index in [1.165, 1.54) is 243 Å². The van der Waals surface area contributed by atoms with Crippen molar-refractivity contribution < 1.29 is 4.57 Å². The zero-order valence-corrected chi connectivity index (χ0v) is 33.9. The van der Waals surface area contributed by atoms with Crippen molar-refractivity contribution in [2.45, 2.75) is 277 Å². The minimum atomic E-state index is 0.618. The standard InChI is InChI=1S/C46H90N2/c1-5-8-11-13-15-17-19-21-23-24-25-27-29-31-33-35-38-41-45(46-47-42-43-48(46)44(4)39-36-10-7-3)40-37-34-32-30-28-26-22-20-18-16-14-12-9-6-2/h42-45H,5-41H2,1-4H3/p+1. The maximum atomic E-state index is 3.75. The molecule has 0 bridgehead atoms. The molecule has 284 valence electrons. The molecule has 0 fully saturated rings. The average molecular weight is 672 g/mol. The molecule has 0 aliphatic heterocycles. The zero-order chi connectivity index (χ0) is 34.6. The number of nitrogens with one attached hydrogen (secondary N) is 1. The van der Waals surface area contributed by atoms with Gasteiger partial charge in [0, 0.05) is 0 Å². The number of hydrogen-bond acceptors (Lipinski definition) is 0. The summed E-state index contributed by atoms with van der Waals surface area (Å²) in [5, 5.41) is 0. The van der Waals surface area contributed by atoms with E-state index in [1.807, 2.05) is 0 Å². The van der Waals surface area contributed by atoms with E-state index in [4.69, 9.17) is 0 Å². The molecule has 1 aromatic rings. The highest BCUT2D eigenvalue weighted by Gasteiger charge is 2.25.